The highest BCUT2D eigenvalue weighted by atomic mass is 16.4. The Hall–Kier alpha value is -1.10. The van der Waals surface area contributed by atoms with Gasteiger partial charge in [0.25, 0.3) is 0 Å². The number of carbonyl (C=O) groups excluding carboxylic acids is 1. The van der Waals surface area contributed by atoms with Gasteiger partial charge >= 0.3 is 5.97 Å². The lowest BCUT2D eigenvalue weighted by atomic mass is 9.97. The normalized spacial score (nSPS) is 30.3. The van der Waals surface area contributed by atoms with Gasteiger partial charge in [0.15, 0.2) is 0 Å². The number of likely N-dealkylation sites (tertiary alicyclic amines) is 2. The average molecular weight is 268 g/mol. The number of carboxylic acids is 1. The van der Waals surface area contributed by atoms with Crippen LogP contribution in [0.2, 0.25) is 0 Å². The lowest BCUT2D eigenvalue weighted by Gasteiger charge is -2.38. The third-order valence-electron chi connectivity index (χ3n) is 4.65. The molecule has 1 amide bonds. The molecule has 1 N–H and O–H groups in total. The van der Waals surface area contributed by atoms with Gasteiger partial charge in [-0.05, 0) is 46.0 Å². The minimum Gasteiger partial charge on any atom is -0.480 e. The summed E-state index contributed by atoms with van der Waals surface area (Å²) in [5, 5.41) is 9.42. The second kappa shape index (κ2) is 5.49. The van der Waals surface area contributed by atoms with Crippen LogP contribution in [0.3, 0.4) is 0 Å². The van der Waals surface area contributed by atoms with Crippen LogP contribution in [0, 0.1) is 0 Å². The first-order valence-corrected chi connectivity index (χ1v) is 7.26. The summed E-state index contributed by atoms with van der Waals surface area (Å²) in [6.45, 7) is 5.93. The molecule has 2 aliphatic heterocycles. The maximum absolute atomic E-state index is 12.5. The van der Waals surface area contributed by atoms with Crippen LogP contribution in [0.15, 0.2) is 0 Å². The summed E-state index contributed by atoms with van der Waals surface area (Å²) in [4.78, 5) is 27.7. The van der Waals surface area contributed by atoms with Gasteiger partial charge < -0.3 is 10.0 Å². The Kier molecular flexibility index (Phi) is 4.13. The lowest BCUT2D eigenvalue weighted by Crippen LogP contribution is -2.57. The zero-order chi connectivity index (χ0) is 14.0. The lowest BCUT2D eigenvalue weighted by molar-refractivity contribution is -0.153. The number of amides is 1. The summed E-state index contributed by atoms with van der Waals surface area (Å²) in [5.74, 6) is -0.725. The van der Waals surface area contributed by atoms with Gasteiger partial charge in [-0.25, -0.2) is 0 Å². The second-order valence-electron chi connectivity index (χ2n) is 5.94. The number of hydrogen-bond acceptors (Lipinski definition) is 3. The van der Waals surface area contributed by atoms with Crippen LogP contribution < -0.4 is 0 Å². The van der Waals surface area contributed by atoms with E-state index in [0.29, 0.717) is 13.0 Å². The summed E-state index contributed by atoms with van der Waals surface area (Å²) < 4.78 is 0. The molecule has 0 aliphatic carbocycles. The van der Waals surface area contributed by atoms with Crippen LogP contribution in [0.4, 0.5) is 0 Å². The number of carboxylic acid groups (broad SMARTS) is 1. The van der Waals surface area contributed by atoms with Crippen LogP contribution in [-0.4, -0.2) is 58.0 Å². The van der Waals surface area contributed by atoms with Gasteiger partial charge in [-0.1, -0.05) is 0 Å². The molecule has 2 heterocycles. The molecule has 0 saturated carbocycles. The van der Waals surface area contributed by atoms with E-state index in [4.69, 9.17) is 0 Å². The fourth-order valence-electron chi connectivity index (χ4n) is 3.35. The van der Waals surface area contributed by atoms with Crippen LogP contribution in [-0.2, 0) is 9.59 Å². The van der Waals surface area contributed by atoms with E-state index in [-0.39, 0.29) is 11.9 Å². The molecule has 0 spiro atoms. The number of hydrogen-bond donors (Lipinski definition) is 1. The van der Waals surface area contributed by atoms with Crippen molar-refractivity contribution in [2.75, 3.05) is 19.6 Å². The molecule has 2 rings (SSSR count). The van der Waals surface area contributed by atoms with E-state index in [1.165, 1.54) is 6.42 Å². The largest absolute Gasteiger partial charge is 0.480 e. The van der Waals surface area contributed by atoms with Crippen molar-refractivity contribution in [3.8, 4) is 0 Å². The SMILES string of the molecule is CC(C(=O)N1CCCCC1)N1CCCC1(C)C(=O)O. The molecule has 0 aromatic carbocycles. The maximum atomic E-state index is 12.5. The third kappa shape index (κ3) is 2.61. The number of nitrogens with zero attached hydrogens (tertiary/aromatic N) is 2. The van der Waals surface area contributed by atoms with Gasteiger partial charge in [0.2, 0.25) is 5.91 Å². The number of carbonyl (C=O) groups is 2. The standard InChI is InChI=1S/C14H24N2O3/c1-11(12(17)15-8-4-3-5-9-15)16-10-6-7-14(16,2)13(18)19/h11H,3-10H2,1-2H3,(H,18,19). The molecular formula is C14H24N2O3. The molecule has 19 heavy (non-hydrogen) atoms. The Labute approximate surface area is 114 Å². The Morgan fingerprint density at radius 3 is 2.32 bits per heavy atom. The fourth-order valence-corrected chi connectivity index (χ4v) is 3.35. The van der Waals surface area contributed by atoms with E-state index in [1.54, 1.807) is 6.92 Å². The molecule has 5 heteroatoms. The summed E-state index contributed by atoms with van der Waals surface area (Å²) >= 11 is 0. The van der Waals surface area contributed by atoms with Gasteiger partial charge in [-0.3, -0.25) is 14.5 Å². The molecule has 0 bridgehead atoms. The summed E-state index contributed by atoms with van der Waals surface area (Å²) in [5.41, 5.74) is -0.884. The zero-order valence-electron chi connectivity index (χ0n) is 11.9. The van der Waals surface area contributed by atoms with Gasteiger partial charge in [-0.2, -0.15) is 0 Å². The molecule has 2 saturated heterocycles. The second-order valence-corrected chi connectivity index (χ2v) is 5.94. The van der Waals surface area contributed by atoms with Crippen molar-refractivity contribution in [2.45, 2.75) is 57.5 Å². The topological polar surface area (TPSA) is 60.9 Å². The molecule has 2 aliphatic rings. The van der Waals surface area contributed by atoms with E-state index in [0.717, 1.165) is 32.4 Å². The van der Waals surface area contributed by atoms with Crippen LogP contribution >= 0.6 is 0 Å². The van der Waals surface area contributed by atoms with Crippen molar-refractivity contribution in [2.24, 2.45) is 0 Å². The molecule has 2 unspecified atom stereocenters. The predicted molar refractivity (Wildman–Crippen MR) is 71.9 cm³/mol. The minimum atomic E-state index is -0.884. The fraction of sp³-hybridized carbons (Fsp3) is 0.857. The molecule has 0 aromatic rings. The predicted octanol–water partition coefficient (Wildman–Crippen LogP) is 1.33. The van der Waals surface area contributed by atoms with Gasteiger partial charge in [0.05, 0.1) is 6.04 Å². The average Bonchev–Trinajstić information content (AvgIpc) is 2.81. The van der Waals surface area contributed by atoms with Crippen LogP contribution in [0.25, 0.3) is 0 Å². The molecule has 0 radical (unpaired) electrons. The Morgan fingerprint density at radius 1 is 1.11 bits per heavy atom. The summed E-state index contributed by atoms with van der Waals surface area (Å²) in [7, 11) is 0. The first kappa shape index (κ1) is 14.3. The smallest absolute Gasteiger partial charge is 0.323 e. The molecule has 108 valence electrons. The molecule has 5 nitrogen and oxygen atoms in total. The molecular weight excluding hydrogens is 244 g/mol. The van der Waals surface area contributed by atoms with E-state index in [2.05, 4.69) is 0 Å². The zero-order valence-corrected chi connectivity index (χ0v) is 11.9. The van der Waals surface area contributed by atoms with E-state index >= 15 is 0 Å². The Balaban J connectivity index is 2.07. The molecule has 0 aromatic heterocycles. The first-order chi connectivity index (χ1) is 8.97. The van der Waals surface area contributed by atoms with Crippen molar-refractivity contribution < 1.29 is 14.7 Å². The third-order valence-corrected chi connectivity index (χ3v) is 4.65. The van der Waals surface area contributed by atoms with Gasteiger partial charge in [-0.15, -0.1) is 0 Å². The van der Waals surface area contributed by atoms with E-state index in [1.807, 2.05) is 16.7 Å². The highest BCUT2D eigenvalue weighted by molar-refractivity contribution is 5.84. The van der Waals surface area contributed by atoms with Crippen LogP contribution in [0.1, 0.15) is 46.0 Å². The molecule has 2 fully saturated rings. The Bertz CT molecular complexity index is 366. The summed E-state index contributed by atoms with van der Waals surface area (Å²) in [6, 6.07) is -0.332. The number of piperidine rings is 1. The minimum absolute atomic E-state index is 0.0917. The van der Waals surface area contributed by atoms with Crippen LogP contribution in [0.5, 0.6) is 0 Å². The monoisotopic (exact) mass is 268 g/mol. The van der Waals surface area contributed by atoms with Crippen molar-refractivity contribution in [3.05, 3.63) is 0 Å². The number of rotatable bonds is 3. The van der Waals surface area contributed by atoms with Crippen molar-refractivity contribution in [1.29, 1.82) is 0 Å². The van der Waals surface area contributed by atoms with E-state index < -0.39 is 11.5 Å². The first-order valence-electron chi connectivity index (χ1n) is 7.26. The molecule has 2 atom stereocenters. The Morgan fingerprint density at radius 2 is 1.74 bits per heavy atom. The van der Waals surface area contributed by atoms with Crippen molar-refractivity contribution in [3.63, 3.8) is 0 Å². The van der Waals surface area contributed by atoms with Gasteiger partial charge in [0, 0.05) is 19.6 Å². The summed E-state index contributed by atoms with van der Waals surface area (Å²) in [6.07, 6.45) is 4.79. The highest BCUT2D eigenvalue weighted by Crippen LogP contribution is 2.31. The van der Waals surface area contributed by atoms with Crippen molar-refractivity contribution in [1.82, 2.24) is 9.80 Å². The maximum Gasteiger partial charge on any atom is 0.323 e. The number of aliphatic carboxylic acids is 1. The van der Waals surface area contributed by atoms with E-state index in [9.17, 15) is 14.7 Å². The van der Waals surface area contributed by atoms with Gasteiger partial charge in [0.1, 0.15) is 5.54 Å². The quantitative estimate of drug-likeness (QED) is 0.839. The van der Waals surface area contributed by atoms with Crippen molar-refractivity contribution >= 4 is 11.9 Å². The highest BCUT2D eigenvalue weighted by Gasteiger charge is 2.47.